The molecule has 5 N–H and O–H groups in total. The maximum atomic E-state index is 11.0. The molecule has 2 aromatic carbocycles. The van der Waals surface area contributed by atoms with Crippen molar-refractivity contribution >= 4 is 23.8 Å². The Morgan fingerprint density at radius 2 is 1.31 bits per heavy atom. The van der Waals surface area contributed by atoms with Crippen LogP contribution in [0.4, 0.5) is 0 Å². The first-order chi connectivity index (χ1) is 16.4. The average Bonchev–Trinajstić information content (AvgIpc) is 2.81. The molecular formula is C26H28N2O7. The number of hydrogen-bond acceptors (Lipinski definition) is 6. The molecule has 0 aliphatic rings. The van der Waals surface area contributed by atoms with Crippen molar-refractivity contribution in [1.82, 2.24) is 5.32 Å². The Bertz CT molecular complexity index is 1080. The molecule has 0 spiro atoms. The number of amides is 1. The van der Waals surface area contributed by atoms with Crippen molar-refractivity contribution in [3.05, 3.63) is 71.8 Å². The van der Waals surface area contributed by atoms with Crippen LogP contribution in [0.25, 0.3) is 0 Å². The van der Waals surface area contributed by atoms with E-state index in [0.29, 0.717) is 5.56 Å². The van der Waals surface area contributed by atoms with Crippen molar-refractivity contribution in [2.45, 2.75) is 26.4 Å². The van der Waals surface area contributed by atoms with Crippen molar-refractivity contribution < 1.29 is 34.1 Å². The Morgan fingerprint density at radius 3 is 1.66 bits per heavy atom. The predicted molar refractivity (Wildman–Crippen MR) is 130 cm³/mol. The molecule has 0 saturated heterocycles. The summed E-state index contributed by atoms with van der Waals surface area (Å²) in [5.41, 5.74) is 6.03. The molecule has 35 heavy (non-hydrogen) atoms. The zero-order valence-corrected chi connectivity index (χ0v) is 19.7. The SMILES string of the molecule is CC(C)(C)OC(=O)CN.O=C(O)C#Cc1ccccc1.O=C(O)CNC(=O)C#Cc1ccccc1. The van der Waals surface area contributed by atoms with E-state index in [2.05, 4.69) is 23.1 Å². The maximum Gasteiger partial charge on any atom is 0.382 e. The molecule has 0 atom stereocenters. The highest BCUT2D eigenvalue weighted by Gasteiger charge is 2.14. The molecule has 0 bridgehead atoms. The highest BCUT2D eigenvalue weighted by atomic mass is 16.6. The van der Waals surface area contributed by atoms with Gasteiger partial charge in [0.15, 0.2) is 0 Å². The molecule has 0 aromatic heterocycles. The van der Waals surface area contributed by atoms with Gasteiger partial charge in [-0.3, -0.25) is 14.4 Å². The first-order valence-electron chi connectivity index (χ1n) is 10.2. The van der Waals surface area contributed by atoms with Crippen LogP contribution < -0.4 is 11.1 Å². The van der Waals surface area contributed by atoms with Crippen LogP contribution in [0.5, 0.6) is 0 Å². The molecule has 2 rings (SSSR count). The first-order valence-corrected chi connectivity index (χ1v) is 10.2. The van der Waals surface area contributed by atoms with E-state index in [9.17, 15) is 19.2 Å². The van der Waals surface area contributed by atoms with Gasteiger partial charge in [0.05, 0.1) is 6.54 Å². The highest BCUT2D eigenvalue weighted by molar-refractivity contribution is 5.95. The summed E-state index contributed by atoms with van der Waals surface area (Å²) in [4.78, 5) is 41.6. The highest BCUT2D eigenvalue weighted by Crippen LogP contribution is 2.05. The van der Waals surface area contributed by atoms with Crippen LogP contribution in [0.3, 0.4) is 0 Å². The van der Waals surface area contributed by atoms with Crippen molar-refractivity contribution in [2.75, 3.05) is 13.1 Å². The minimum absolute atomic E-state index is 0.0444. The molecule has 0 aliphatic heterocycles. The van der Waals surface area contributed by atoms with Crippen LogP contribution in [0.15, 0.2) is 60.7 Å². The van der Waals surface area contributed by atoms with Gasteiger partial charge in [0.25, 0.3) is 5.91 Å². The summed E-state index contributed by atoms with van der Waals surface area (Å²) < 4.78 is 4.82. The van der Waals surface area contributed by atoms with Gasteiger partial charge >= 0.3 is 17.9 Å². The fourth-order valence-corrected chi connectivity index (χ4v) is 1.88. The van der Waals surface area contributed by atoms with E-state index in [0.717, 1.165) is 5.56 Å². The third kappa shape index (κ3) is 19.8. The minimum Gasteiger partial charge on any atom is -0.480 e. The smallest absolute Gasteiger partial charge is 0.382 e. The topological polar surface area (TPSA) is 156 Å². The summed E-state index contributed by atoms with van der Waals surface area (Å²) in [6.07, 6.45) is 0. The summed E-state index contributed by atoms with van der Waals surface area (Å²) in [5, 5.41) is 18.6. The van der Waals surface area contributed by atoms with E-state index in [1.165, 1.54) is 0 Å². The lowest BCUT2D eigenvalue weighted by Crippen LogP contribution is -2.28. The van der Waals surface area contributed by atoms with Crippen LogP contribution in [-0.4, -0.2) is 52.7 Å². The third-order valence-corrected chi connectivity index (χ3v) is 3.17. The van der Waals surface area contributed by atoms with Crippen molar-refractivity contribution in [2.24, 2.45) is 5.73 Å². The molecule has 184 valence electrons. The number of nitrogens with two attached hydrogens (primary N) is 1. The number of esters is 1. The number of aliphatic carboxylic acids is 2. The van der Waals surface area contributed by atoms with Gasteiger partial charge in [0.1, 0.15) is 12.1 Å². The predicted octanol–water partition coefficient (Wildman–Crippen LogP) is 1.65. The zero-order chi connectivity index (χ0) is 26.7. The van der Waals surface area contributed by atoms with Crippen LogP contribution in [0, 0.1) is 23.7 Å². The normalized spacial score (nSPS) is 9.03. The molecule has 0 aliphatic carbocycles. The number of hydrogen-bond donors (Lipinski definition) is 4. The number of rotatable bonds is 3. The summed E-state index contributed by atoms with van der Waals surface area (Å²) in [7, 11) is 0. The van der Waals surface area contributed by atoms with Gasteiger partial charge < -0.3 is 26.0 Å². The van der Waals surface area contributed by atoms with Gasteiger partial charge in [-0.25, -0.2) is 4.79 Å². The fraction of sp³-hybridized carbons (Fsp3) is 0.231. The van der Waals surface area contributed by atoms with Crippen molar-refractivity contribution in [3.63, 3.8) is 0 Å². The molecule has 0 unspecified atom stereocenters. The number of carboxylic acids is 2. The lowest BCUT2D eigenvalue weighted by atomic mass is 10.2. The Kier molecular flexibility index (Phi) is 14.7. The molecular weight excluding hydrogens is 452 g/mol. The van der Waals surface area contributed by atoms with Crippen LogP contribution in [0.1, 0.15) is 31.9 Å². The van der Waals surface area contributed by atoms with Gasteiger partial charge in [-0.05, 0) is 45.0 Å². The average molecular weight is 481 g/mol. The summed E-state index contributed by atoms with van der Waals surface area (Å²) in [6.45, 7) is 4.96. The third-order valence-electron chi connectivity index (χ3n) is 3.17. The first kappa shape index (κ1) is 30.4. The van der Waals surface area contributed by atoms with Gasteiger partial charge in [0.2, 0.25) is 0 Å². The quantitative estimate of drug-likeness (QED) is 0.382. The summed E-state index contributed by atoms with van der Waals surface area (Å²) in [5.74, 6) is 6.28. The Morgan fingerprint density at radius 1 is 0.857 bits per heavy atom. The molecule has 2 aromatic rings. The number of ether oxygens (including phenoxy) is 1. The molecule has 9 nitrogen and oxygen atoms in total. The molecule has 0 heterocycles. The lowest BCUT2D eigenvalue weighted by Gasteiger charge is -2.18. The van der Waals surface area contributed by atoms with E-state index >= 15 is 0 Å². The van der Waals surface area contributed by atoms with Crippen LogP contribution in [-0.2, 0) is 23.9 Å². The lowest BCUT2D eigenvalue weighted by molar-refractivity contribution is -0.153. The van der Waals surface area contributed by atoms with Gasteiger partial charge in [0, 0.05) is 23.0 Å². The second-order valence-corrected chi connectivity index (χ2v) is 7.40. The number of nitrogens with one attached hydrogen (secondary N) is 1. The standard InChI is InChI=1S/C11H9NO3.C9H6O2.C6H13NO2/c13-10(12-8-11(14)15)7-6-9-4-2-1-3-5-9;10-9(11)7-6-8-4-2-1-3-5-8;1-6(2,3)9-5(8)4-7/h1-5H,8H2,(H,12,13)(H,14,15);1-5H,(H,10,11);4,7H2,1-3H3. The van der Waals surface area contributed by atoms with Gasteiger partial charge in [-0.1, -0.05) is 48.2 Å². The van der Waals surface area contributed by atoms with E-state index in [1.54, 1.807) is 57.2 Å². The fourth-order valence-electron chi connectivity index (χ4n) is 1.88. The molecule has 0 saturated carbocycles. The Labute approximate surface area is 204 Å². The molecule has 0 fully saturated rings. The number of carboxylic acid groups (broad SMARTS) is 2. The Hall–Kier alpha value is -4.60. The van der Waals surface area contributed by atoms with Gasteiger partial charge in [-0.2, -0.15) is 0 Å². The monoisotopic (exact) mass is 480 g/mol. The van der Waals surface area contributed by atoms with E-state index in [-0.39, 0.29) is 12.5 Å². The second kappa shape index (κ2) is 17.0. The second-order valence-electron chi connectivity index (χ2n) is 7.40. The van der Waals surface area contributed by atoms with Crippen LogP contribution in [0.2, 0.25) is 0 Å². The van der Waals surface area contributed by atoms with Gasteiger partial charge in [-0.15, -0.1) is 0 Å². The van der Waals surface area contributed by atoms with E-state index in [1.807, 2.05) is 30.2 Å². The maximum absolute atomic E-state index is 11.0. The Balaban J connectivity index is 0.000000515. The van der Waals surface area contributed by atoms with Crippen LogP contribution >= 0.6 is 0 Å². The summed E-state index contributed by atoms with van der Waals surface area (Å²) >= 11 is 0. The van der Waals surface area contributed by atoms with Crippen molar-refractivity contribution in [3.8, 4) is 23.7 Å². The number of carbonyl (C=O) groups is 4. The van der Waals surface area contributed by atoms with E-state index in [4.69, 9.17) is 20.7 Å². The largest absolute Gasteiger partial charge is 0.480 e. The number of carbonyl (C=O) groups excluding carboxylic acids is 2. The minimum atomic E-state index is -1.10. The van der Waals surface area contributed by atoms with Crippen molar-refractivity contribution in [1.29, 1.82) is 0 Å². The van der Waals surface area contributed by atoms with E-state index < -0.39 is 30.0 Å². The zero-order valence-electron chi connectivity index (χ0n) is 19.7. The molecule has 1 amide bonds. The number of benzene rings is 2. The summed E-state index contributed by atoms with van der Waals surface area (Å²) in [6, 6.07) is 18.0. The molecule has 0 radical (unpaired) electrons. The molecule has 9 heteroatoms.